The lowest BCUT2D eigenvalue weighted by Gasteiger charge is -2.08. The number of carbonyl (C=O) groups is 1. The summed E-state index contributed by atoms with van der Waals surface area (Å²) in [5.74, 6) is -0.768. The summed E-state index contributed by atoms with van der Waals surface area (Å²) in [4.78, 5) is 12.3. The number of halogens is 1. The molecule has 4 heteroatoms. The molecule has 0 fully saturated rings. The maximum absolute atomic E-state index is 13.6. The molecule has 0 saturated heterocycles. The standard InChI is InChI=1S/C15H14FNO2/c1-9-4-3-5-11(14(9)17)15(18)10-6-7-13(19-2)12(16)8-10/h3-8H,17H2,1-2H3. The predicted octanol–water partition coefficient (Wildman–Crippen LogP) is 2.96. The minimum Gasteiger partial charge on any atom is -0.494 e. The van der Waals surface area contributed by atoms with Crippen molar-refractivity contribution in [3.63, 3.8) is 0 Å². The first kappa shape index (κ1) is 13.1. The van der Waals surface area contributed by atoms with Gasteiger partial charge >= 0.3 is 0 Å². The van der Waals surface area contributed by atoms with E-state index in [4.69, 9.17) is 10.5 Å². The van der Waals surface area contributed by atoms with Crippen molar-refractivity contribution in [3.05, 3.63) is 58.9 Å². The van der Waals surface area contributed by atoms with Gasteiger partial charge < -0.3 is 10.5 Å². The fraction of sp³-hybridized carbons (Fsp3) is 0.133. The highest BCUT2D eigenvalue weighted by Crippen LogP contribution is 2.23. The van der Waals surface area contributed by atoms with Crippen molar-refractivity contribution in [3.8, 4) is 5.75 Å². The van der Waals surface area contributed by atoms with Crippen LogP contribution in [0.5, 0.6) is 5.75 Å². The summed E-state index contributed by atoms with van der Waals surface area (Å²) < 4.78 is 18.4. The van der Waals surface area contributed by atoms with Gasteiger partial charge in [0.15, 0.2) is 17.3 Å². The predicted molar refractivity (Wildman–Crippen MR) is 72.0 cm³/mol. The van der Waals surface area contributed by atoms with Gasteiger partial charge in [-0.25, -0.2) is 4.39 Å². The van der Waals surface area contributed by atoms with Gasteiger partial charge in [-0.1, -0.05) is 12.1 Å². The Kier molecular flexibility index (Phi) is 3.51. The molecule has 2 N–H and O–H groups in total. The topological polar surface area (TPSA) is 52.3 Å². The lowest BCUT2D eigenvalue weighted by Crippen LogP contribution is -2.07. The van der Waals surface area contributed by atoms with E-state index in [1.807, 2.05) is 13.0 Å². The van der Waals surface area contributed by atoms with Crippen LogP contribution in [0.15, 0.2) is 36.4 Å². The molecule has 2 aromatic carbocycles. The Morgan fingerprint density at radius 2 is 2.00 bits per heavy atom. The Morgan fingerprint density at radius 1 is 1.26 bits per heavy atom. The third-order valence-electron chi connectivity index (χ3n) is 2.98. The summed E-state index contributed by atoms with van der Waals surface area (Å²) >= 11 is 0. The molecule has 0 aromatic heterocycles. The molecule has 0 spiro atoms. The number of ether oxygens (including phenoxy) is 1. The quantitative estimate of drug-likeness (QED) is 0.681. The Morgan fingerprint density at radius 3 is 2.63 bits per heavy atom. The molecule has 98 valence electrons. The van der Waals surface area contributed by atoms with Crippen molar-refractivity contribution >= 4 is 11.5 Å². The minimum absolute atomic E-state index is 0.105. The van der Waals surface area contributed by atoms with Crippen LogP contribution in [0.25, 0.3) is 0 Å². The van der Waals surface area contributed by atoms with Gasteiger partial charge in [-0.2, -0.15) is 0 Å². The maximum atomic E-state index is 13.6. The van der Waals surface area contributed by atoms with Gasteiger partial charge in [0.05, 0.1) is 7.11 Å². The number of anilines is 1. The van der Waals surface area contributed by atoms with Crippen LogP contribution in [0.1, 0.15) is 21.5 Å². The van der Waals surface area contributed by atoms with E-state index in [1.54, 1.807) is 12.1 Å². The third kappa shape index (κ3) is 2.42. The van der Waals surface area contributed by atoms with Crippen LogP contribution in [0.2, 0.25) is 0 Å². The Bertz CT molecular complexity index is 638. The number of rotatable bonds is 3. The van der Waals surface area contributed by atoms with Gasteiger partial charge in [-0.05, 0) is 36.8 Å². The van der Waals surface area contributed by atoms with Crippen LogP contribution in [-0.4, -0.2) is 12.9 Å². The Hall–Kier alpha value is -2.36. The Labute approximate surface area is 110 Å². The normalized spacial score (nSPS) is 10.3. The van der Waals surface area contributed by atoms with Crippen LogP contribution in [-0.2, 0) is 0 Å². The number of nitrogens with two attached hydrogens (primary N) is 1. The summed E-state index contributed by atoms with van der Waals surface area (Å²) in [5, 5.41) is 0. The van der Waals surface area contributed by atoms with Crippen LogP contribution < -0.4 is 10.5 Å². The molecule has 3 nitrogen and oxygen atoms in total. The second-order valence-corrected chi connectivity index (χ2v) is 4.21. The lowest BCUT2D eigenvalue weighted by molar-refractivity contribution is 0.103. The molecule has 0 heterocycles. The second kappa shape index (κ2) is 5.10. The number of para-hydroxylation sites is 1. The summed E-state index contributed by atoms with van der Waals surface area (Å²) in [6.45, 7) is 1.82. The number of methoxy groups -OCH3 is 1. The molecule has 0 aliphatic rings. The summed E-state index contributed by atoms with van der Waals surface area (Å²) in [6, 6.07) is 9.30. The van der Waals surface area contributed by atoms with Crippen LogP contribution in [0, 0.1) is 12.7 Å². The molecular formula is C15H14FNO2. The molecule has 0 aliphatic carbocycles. The van der Waals surface area contributed by atoms with E-state index in [0.717, 1.165) is 11.6 Å². The van der Waals surface area contributed by atoms with E-state index in [2.05, 4.69) is 0 Å². The van der Waals surface area contributed by atoms with Crippen molar-refractivity contribution in [2.75, 3.05) is 12.8 Å². The number of nitrogen functional groups attached to an aromatic ring is 1. The van der Waals surface area contributed by atoms with E-state index < -0.39 is 5.82 Å². The first-order chi connectivity index (χ1) is 9.04. The molecule has 0 amide bonds. The number of hydrogen-bond acceptors (Lipinski definition) is 3. The van der Waals surface area contributed by atoms with E-state index >= 15 is 0 Å². The fourth-order valence-electron chi connectivity index (χ4n) is 1.84. The van der Waals surface area contributed by atoms with Gasteiger partial charge in [0.25, 0.3) is 0 Å². The highest BCUT2D eigenvalue weighted by atomic mass is 19.1. The molecule has 2 rings (SSSR count). The van der Waals surface area contributed by atoms with Crippen molar-refractivity contribution in [2.24, 2.45) is 0 Å². The molecule has 0 radical (unpaired) electrons. The molecule has 19 heavy (non-hydrogen) atoms. The second-order valence-electron chi connectivity index (χ2n) is 4.21. The van der Waals surface area contributed by atoms with E-state index in [-0.39, 0.29) is 17.1 Å². The first-order valence-corrected chi connectivity index (χ1v) is 5.78. The number of ketones is 1. The van der Waals surface area contributed by atoms with Crippen molar-refractivity contribution < 1.29 is 13.9 Å². The van der Waals surface area contributed by atoms with Crippen molar-refractivity contribution in [2.45, 2.75) is 6.92 Å². The maximum Gasteiger partial charge on any atom is 0.195 e. The van der Waals surface area contributed by atoms with Crippen LogP contribution in [0.3, 0.4) is 0 Å². The average molecular weight is 259 g/mol. The number of hydrogen-bond donors (Lipinski definition) is 1. The number of aryl methyl sites for hydroxylation is 1. The molecule has 0 saturated carbocycles. The highest BCUT2D eigenvalue weighted by Gasteiger charge is 2.15. The van der Waals surface area contributed by atoms with Gasteiger partial charge in [0.1, 0.15) is 0 Å². The average Bonchev–Trinajstić information content (AvgIpc) is 2.41. The smallest absolute Gasteiger partial charge is 0.195 e. The zero-order valence-electron chi connectivity index (χ0n) is 10.7. The zero-order chi connectivity index (χ0) is 14.0. The van der Waals surface area contributed by atoms with Gasteiger partial charge in [-0.15, -0.1) is 0 Å². The zero-order valence-corrected chi connectivity index (χ0v) is 10.7. The SMILES string of the molecule is COc1ccc(C(=O)c2cccc(C)c2N)cc1F. The number of carbonyl (C=O) groups excluding carboxylic acids is 1. The van der Waals surface area contributed by atoms with Crippen molar-refractivity contribution in [1.29, 1.82) is 0 Å². The van der Waals surface area contributed by atoms with Crippen LogP contribution in [0.4, 0.5) is 10.1 Å². The van der Waals surface area contributed by atoms with E-state index in [1.165, 1.54) is 19.2 Å². The van der Waals surface area contributed by atoms with Gasteiger partial charge in [0.2, 0.25) is 0 Å². The van der Waals surface area contributed by atoms with Gasteiger partial charge in [0, 0.05) is 16.8 Å². The summed E-state index contributed by atoms with van der Waals surface area (Å²) in [7, 11) is 1.37. The van der Waals surface area contributed by atoms with Crippen LogP contribution >= 0.6 is 0 Å². The highest BCUT2D eigenvalue weighted by molar-refractivity contribution is 6.12. The molecular weight excluding hydrogens is 245 g/mol. The summed E-state index contributed by atoms with van der Waals surface area (Å²) in [5.41, 5.74) is 7.74. The monoisotopic (exact) mass is 259 g/mol. The molecule has 2 aromatic rings. The first-order valence-electron chi connectivity index (χ1n) is 5.78. The largest absolute Gasteiger partial charge is 0.494 e. The molecule has 0 aliphatic heterocycles. The lowest BCUT2D eigenvalue weighted by atomic mass is 9.99. The van der Waals surface area contributed by atoms with Gasteiger partial charge in [-0.3, -0.25) is 4.79 Å². The van der Waals surface area contributed by atoms with E-state index in [0.29, 0.717) is 11.3 Å². The molecule has 0 bridgehead atoms. The molecule has 0 atom stereocenters. The number of benzene rings is 2. The van der Waals surface area contributed by atoms with E-state index in [9.17, 15) is 9.18 Å². The minimum atomic E-state index is -0.570. The Balaban J connectivity index is 2.44. The fourth-order valence-corrected chi connectivity index (χ4v) is 1.84. The third-order valence-corrected chi connectivity index (χ3v) is 2.98. The van der Waals surface area contributed by atoms with Crippen molar-refractivity contribution in [1.82, 2.24) is 0 Å². The molecule has 0 unspecified atom stereocenters. The summed E-state index contributed by atoms with van der Waals surface area (Å²) in [6.07, 6.45) is 0.